The van der Waals surface area contributed by atoms with Gasteiger partial charge >= 0.3 is 0 Å². The third-order valence-electron chi connectivity index (χ3n) is 2.90. The summed E-state index contributed by atoms with van der Waals surface area (Å²) in [5.74, 6) is 0.158. The fourth-order valence-electron chi connectivity index (χ4n) is 1.81. The van der Waals surface area contributed by atoms with Crippen molar-refractivity contribution in [3.63, 3.8) is 0 Å². The summed E-state index contributed by atoms with van der Waals surface area (Å²) in [4.78, 5) is 2.17. The minimum Gasteiger partial charge on any atom is -0.375 e. The van der Waals surface area contributed by atoms with E-state index in [2.05, 4.69) is 16.5 Å². The van der Waals surface area contributed by atoms with Gasteiger partial charge in [0.15, 0.2) is 0 Å². The van der Waals surface area contributed by atoms with Crippen LogP contribution in [-0.4, -0.2) is 27.8 Å². The zero-order chi connectivity index (χ0) is 14.3. The highest BCUT2D eigenvalue weighted by atomic mass is 32.2. The predicted octanol–water partition coefficient (Wildman–Crippen LogP) is 3.07. The molecule has 1 aromatic carbocycles. The van der Waals surface area contributed by atoms with Gasteiger partial charge < -0.3 is 4.90 Å². The van der Waals surface area contributed by atoms with Crippen molar-refractivity contribution in [2.45, 2.75) is 33.1 Å². The van der Waals surface area contributed by atoms with Gasteiger partial charge in [-0.05, 0) is 37.1 Å². The fraction of sp³-hybridized carbons (Fsp3) is 0.571. The highest BCUT2D eigenvalue weighted by Crippen LogP contribution is 2.18. The van der Waals surface area contributed by atoms with E-state index in [9.17, 15) is 8.42 Å². The Balaban J connectivity index is 2.66. The summed E-state index contributed by atoms with van der Waals surface area (Å²) in [6.45, 7) is 5.03. The summed E-state index contributed by atoms with van der Waals surface area (Å²) >= 11 is 0. The second-order valence-electron chi connectivity index (χ2n) is 4.74. The Kier molecular flexibility index (Phi) is 6.15. The molecule has 108 valence electrons. The molecule has 0 aliphatic rings. The Morgan fingerprint density at radius 2 is 1.74 bits per heavy atom. The normalized spacial score (nSPS) is 11.3. The minimum absolute atomic E-state index is 0.158. The molecule has 0 heterocycles. The molecule has 0 aliphatic carbocycles. The molecule has 19 heavy (non-hydrogen) atoms. The number of nitrogens with zero attached hydrogens (tertiary/aromatic N) is 1. The number of rotatable bonds is 8. The molecule has 5 heteroatoms. The number of benzene rings is 1. The average molecular weight is 284 g/mol. The fourth-order valence-corrected chi connectivity index (χ4v) is 2.94. The Hall–Kier alpha value is -1.23. The van der Waals surface area contributed by atoms with Gasteiger partial charge in [-0.3, -0.25) is 4.72 Å². The van der Waals surface area contributed by atoms with E-state index in [0.717, 1.165) is 18.7 Å². The molecule has 0 aromatic heterocycles. The molecule has 0 atom stereocenters. The molecule has 0 fully saturated rings. The van der Waals surface area contributed by atoms with Gasteiger partial charge in [0.1, 0.15) is 0 Å². The van der Waals surface area contributed by atoms with Gasteiger partial charge in [0.25, 0.3) is 0 Å². The second-order valence-corrected chi connectivity index (χ2v) is 6.58. The molecule has 4 nitrogen and oxygen atoms in total. The predicted molar refractivity (Wildman–Crippen MR) is 82.3 cm³/mol. The van der Waals surface area contributed by atoms with Crippen molar-refractivity contribution in [1.82, 2.24) is 0 Å². The highest BCUT2D eigenvalue weighted by molar-refractivity contribution is 7.92. The van der Waals surface area contributed by atoms with Crippen LogP contribution in [0.1, 0.15) is 33.1 Å². The van der Waals surface area contributed by atoms with Crippen LogP contribution in [-0.2, 0) is 10.0 Å². The highest BCUT2D eigenvalue weighted by Gasteiger charge is 2.08. The van der Waals surface area contributed by atoms with Crippen molar-refractivity contribution in [3.05, 3.63) is 24.3 Å². The van der Waals surface area contributed by atoms with Crippen LogP contribution in [0.5, 0.6) is 0 Å². The average Bonchev–Trinajstić information content (AvgIpc) is 2.36. The van der Waals surface area contributed by atoms with Gasteiger partial charge in [-0.15, -0.1) is 0 Å². The van der Waals surface area contributed by atoms with E-state index in [1.807, 2.05) is 38.2 Å². The molecule has 0 radical (unpaired) electrons. The van der Waals surface area contributed by atoms with E-state index < -0.39 is 10.0 Å². The number of nitrogens with one attached hydrogen (secondary N) is 1. The maximum atomic E-state index is 11.6. The zero-order valence-electron chi connectivity index (χ0n) is 12.0. The maximum Gasteiger partial charge on any atom is 0.232 e. The van der Waals surface area contributed by atoms with Gasteiger partial charge in [0.05, 0.1) is 5.75 Å². The lowest BCUT2D eigenvalue weighted by atomic mass is 10.2. The Morgan fingerprint density at radius 3 is 2.26 bits per heavy atom. The van der Waals surface area contributed by atoms with E-state index >= 15 is 0 Å². The molecule has 0 amide bonds. The van der Waals surface area contributed by atoms with Crippen LogP contribution in [0.15, 0.2) is 24.3 Å². The van der Waals surface area contributed by atoms with Gasteiger partial charge in [0.2, 0.25) is 10.0 Å². The summed E-state index contributed by atoms with van der Waals surface area (Å²) in [6, 6.07) is 7.51. The smallest absolute Gasteiger partial charge is 0.232 e. The van der Waals surface area contributed by atoms with Crippen LogP contribution in [0.4, 0.5) is 11.4 Å². The number of hydrogen-bond acceptors (Lipinski definition) is 3. The molecule has 0 aliphatic heterocycles. The van der Waals surface area contributed by atoms with Crippen LogP contribution in [0.25, 0.3) is 0 Å². The quantitative estimate of drug-likeness (QED) is 0.798. The first-order chi connectivity index (χ1) is 8.98. The van der Waals surface area contributed by atoms with Crippen molar-refractivity contribution >= 4 is 21.4 Å². The molecule has 0 unspecified atom stereocenters. The van der Waals surface area contributed by atoms with E-state index in [4.69, 9.17) is 0 Å². The molecule has 0 saturated heterocycles. The van der Waals surface area contributed by atoms with E-state index in [-0.39, 0.29) is 5.75 Å². The third kappa shape index (κ3) is 5.51. The second kappa shape index (κ2) is 7.38. The van der Waals surface area contributed by atoms with E-state index in [1.165, 1.54) is 6.42 Å². The van der Waals surface area contributed by atoms with Crippen LogP contribution in [0.2, 0.25) is 0 Å². The summed E-state index contributed by atoms with van der Waals surface area (Å²) in [5, 5.41) is 0. The van der Waals surface area contributed by atoms with Crippen molar-refractivity contribution in [2.24, 2.45) is 0 Å². The SMILES string of the molecule is CCCCN(C)c1ccc(NS(=O)(=O)CCC)cc1. The number of unbranched alkanes of at least 4 members (excludes halogenated alkanes) is 1. The van der Waals surface area contributed by atoms with Crippen molar-refractivity contribution < 1.29 is 8.42 Å². The number of anilines is 2. The van der Waals surface area contributed by atoms with Gasteiger partial charge in [-0.25, -0.2) is 8.42 Å². The maximum absolute atomic E-state index is 11.6. The largest absolute Gasteiger partial charge is 0.375 e. The lowest BCUT2D eigenvalue weighted by Gasteiger charge is -2.19. The van der Waals surface area contributed by atoms with Crippen LogP contribution < -0.4 is 9.62 Å². The first kappa shape index (κ1) is 15.8. The Morgan fingerprint density at radius 1 is 1.11 bits per heavy atom. The van der Waals surface area contributed by atoms with Crippen LogP contribution in [0.3, 0.4) is 0 Å². The first-order valence-electron chi connectivity index (χ1n) is 6.80. The summed E-state index contributed by atoms with van der Waals surface area (Å²) in [7, 11) is -1.15. The summed E-state index contributed by atoms with van der Waals surface area (Å²) in [5.41, 5.74) is 1.73. The molecule has 1 N–H and O–H groups in total. The zero-order valence-corrected chi connectivity index (χ0v) is 12.8. The van der Waals surface area contributed by atoms with Gasteiger partial charge in [-0.2, -0.15) is 0 Å². The van der Waals surface area contributed by atoms with Crippen molar-refractivity contribution in [1.29, 1.82) is 0 Å². The number of sulfonamides is 1. The lowest BCUT2D eigenvalue weighted by molar-refractivity contribution is 0.600. The topological polar surface area (TPSA) is 49.4 Å². The van der Waals surface area contributed by atoms with E-state index in [0.29, 0.717) is 12.1 Å². The van der Waals surface area contributed by atoms with Crippen LogP contribution >= 0.6 is 0 Å². The standard InChI is InChI=1S/C14H24N2O2S/c1-4-6-11-16(3)14-9-7-13(8-10-14)15-19(17,18)12-5-2/h7-10,15H,4-6,11-12H2,1-3H3. The van der Waals surface area contributed by atoms with Gasteiger partial charge in [-0.1, -0.05) is 20.3 Å². The third-order valence-corrected chi connectivity index (χ3v) is 4.39. The monoisotopic (exact) mass is 284 g/mol. The Bertz CT molecular complexity index is 469. The first-order valence-corrected chi connectivity index (χ1v) is 8.45. The Labute approximate surface area is 116 Å². The van der Waals surface area contributed by atoms with E-state index in [1.54, 1.807) is 0 Å². The van der Waals surface area contributed by atoms with Crippen molar-refractivity contribution in [2.75, 3.05) is 29.0 Å². The van der Waals surface area contributed by atoms with Gasteiger partial charge in [0, 0.05) is 25.0 Å². The minimum atomic E-state index is -3.20. The molecule has 1 rings (SSSR count). The molecular formula is C14H24N2O2S. The molecule has 0 saturated carbocycles. The van der Waals surface area contributed by atoms with Crippen LogP contribution in [0, 0.1) is 0 Å². The summed E-state index contributed by atoms with van der Waals surface area (Å²) in [6.07, 6.45) is 2.94. The molecule has 0 spiro atoms. The number of hydrogen-bond donors (Lipinski definition) is 1. The summed E-state index contributed by atoms with van der Waals surface area (Å²) < 4.78 is 25.9. The molecule has 0 bridgehead atoms. The molecular weight excluding hydrogens is 260 g/mol. The van der Waals surface area contributed by atoms with Crippen molar-refractivity contribution in [3.8, 4) is 0 Å². The lowest BCUT2D eigenvalue weighted by Crippen LogP contribution is -2.18. The molecule has 1 aromatic rings.